The first-order chi connectivity index (χ1) is 9.21. The number of amides is 1. The van der Waals surface area contributed by atoms with Crippen LogP contribution in [0, 0.1) is 11.3 Å². The van der Waals surface area contributed by atoms with E-state index in [-0.39, 0.29) is 12.0 Å². The number of hydrogen-bond acceptors (Lipinski definition) is 3. The Morgan fingerprint density at radius 3 is 2.35 bits per heavy atom. The second-order valence-electron chi connectivity index (χ2n) is 6.54. The van der Waals surface area contributed by atoms with E-state index >= 15 is 0 Å². The molecule has 1 aliphatic carbocycles. The summed E-state index contributed by atoms with van der Waals surface area (Å²) in [5.74, 6) is -0.513. The van der Waals surface area contributed by atoms with Crippen LogP contribution in [0.25, 0.3) is 0 Å². The number of alkyl carbamates (subject to hydrolysis) is 1. The standard InChI is InChI=1S/C15H25NO4/c1-5-10-20-13(19)16-15(12(17)18)8-6-11(7-9-15)14(2,3)4/h5,11H,1,6-10H2,2-4H3,(H,16,19)(H,17,18). The molecule has 1 saturated carbocycles. The molecule has 0 bridgehead atoms. The molecule has 0 aromatic rings. The molecule has 1 rings (SSSR count). The van der Waals surface area contributed by atoms with Crippen molar-refractivity contribution in [1.29, 1.82) is 0 Å². The lowest BCUT2D eigenvalue weighted by Gasteiger charge is -2.41. The average Bonchev–Trinajstić information content (AvgIpc) is 2.35. The second-order valence-corrected chi connectivity index (χ2v) is 6.54. The predicted molar refractivity (Wildman–Crippen MR) is 76.5 cm³/mol. The second kappa shape index (κ2) is 6.29. The predicted octanol–water partition coefficient (Wildman–Crippen LogP) is 2.96. The molecule has 1 fully saturated rings. The number of ether oxygens (including phenoxy) is 1. The highest BCUT2D eigenvalue weighted by Gasteiger charge is 2.45. The average molecular weight is 283 g/mol. The molecule has 0 unspecified atom stereocenters. The van der Waals surface area contributed by atoms with Crippen molar-refractivity contribution in [3.8, 4) is 0 Å². The van der Waals surface area contributed by atoms with Crippen molar-refractivity contribution in [1.82, 2.24) is 5.32 Å². The summed E-state index contributed by atoms with van der Waals surface area (Å²) in [6.45, 7) is 10.0. The van der Waals surface area contributed by atoms with Gasteiger partial charge in [-0.2, -0.15) is 0 Å². The Kier molecular flexibility index (Phi) is 5.20. The molecule has 0 radical (unpaired) electrons. The van der Waals surface area contributed by atoms with Gasteiger partial charge in [0.15, 0.2) is 0 Å². The van der Waals surface area contributed by atoms with Crippen LogP contribution in [0.4, 0.5) is 4.79 Å². The van der Waals surface area contributed by atoms with E-state index in [1.807, 2.05) is 0 Å². The van der Waals surface area contributed by atoms with Crippen molar-refractivity contribution in [2.45, 2.75) is 52.0 Å². The van der Waals surface area contributed by atoms with E-state index in [9.17, 15) is 14.7 Å². The molecule has 5 nitrogen and oxygen atoms in total. The van der Waals surface area contributed by atoms with Gasteiger partial charge in [-0.15, -0.1) is 0 Å². The molecule has 2 N–H and O–H groups in total. The highest BCUT2D eigenvalue weighted by atomic mass is 16.5. The van der Waals surface area contributed by atoms with Gasteiger partial charge in [0.05, 0.1) is 0 Å². The van der Waals surface area contributed by atoms with Gasteiger partial charge in [-0.25, -0.2) is 9.59 Å². The summed E-state index contributed by atoms with van der Waals surface area (Å²) >= 11 is 0. The van der Waals surface area contributed by atoms with Crippen molar-refractivity contribution >= 4 is 12.1 Å². The smallest absolute Gasteiger partial charge is 0.408 e. The zero-order valence-electron chi connectivity index (χ0n) is 12.6. The fraction of sp³-hybridized carbons (Fsp3) is 0.733. The lowest BCUT2D eigenvalue weighted by atomic mass is 9.67. The van der Waals surface area contributed by atoms with Crippen molar-refractivity contribution in [3.05, 3.63) is 12.7 Å². The largest absolute Gasteiger partial charge is 0.480 e. The van der Waals surface area contributed by atoms with Crippen LogP contribution in [0.5, 0.6) is 0 Å². The molecule has 0 aromatic carbocycles. The van der Waals surface area contributed by atoms with E-state index in [4.69, 9.17) is 4.74 Å². The number of carboxylic acid groups (broad SMARTS) is 1. The third-order valence-corrected chi connectivity index (χ3v) is 4.15. The van der Waals surface area contributed by atoms with Gasteiger partial charge < -0.3 is 15.2 Å². The topological polar surface area (TPSA) is 75.6 Å². The van der Waals surface area contributed by atoms with Crippen LogP contribution in [-0.4, -0.2) is 29.3 Å². The summed E-state index contributed by atoms with van der Waals surface area (Å²) in [6, 6.07) is 0. The lowest BCUT2D eigenvalue weighted by Crippen LogP contribution is -2.57. The molecule has 1 amide bonds. The van der Waals surface area contributed by atoms with Crippen molar-refractivity contribution < 1.29 is 19.4 Å². The highest BCUT2D eigenvalue weighted by Crippen LogP contribution is 2.41. The molecule has 0 atom stereocenters. The van der Waals surface area contributed by atoms with Gasteiger partial charge in [0.1, 0.15) is 12.1 Å². The zero-order chi connectivity index (χ0) is 15.4. The SMILES string of the molecule is C=CCOC(=O)NC1(C(=O)O)CCC(C(C)(C)C)CC1. The van der Waals surface area contributed by atoms with Gasteiger partial charge in [-0.3, -0.25) is 0 Å². The first-order valence-electron chi connectivity index (χ1n) is 7.00. The zero-order valence-corrected chi connectivity index (χ0v) is 12.6. The summed E-state index contributed by atoms with van der Waals surface area (Å²) in [7, 11) is 0. The number of carboxylic acids is 1. The van der Waals surface area contributed by atoms with Gasteiger partial charge >= 0.3 is 12.1 Å². The number of hydrogen-bond donors (Lipinski definition) is 2. The van der Waals surface area contributed by atoms with Crippen LogP contribution in [0.3, 0.4) is 0 Å². The van der Waals surface area contributed by atoms with Crippen LogP contribution in [0.15, 0.2) is 12.7 Å². The minimum atomic E-state index is -1.19. The summed E-state index contributed by atoms with van der Waals surface area (Å²) in [5, 5.41) is 12.0. The molecule has 114 valence electrons. The van der Waals surface area contributed by atoms with E-state index in [2.05, 4.69) is 32.7 Å². The first kappa shape index (κ1) is 16.5. The van der Waals surface area contributed by atoms with Gasteiger partial charge in [0.2, 0.25) is 0 Å². The minimum Gasteiger partial charge on any atom is -0.480 e. The number of nitrogens with one attached hydrogen (secondary N) is 1. The maximum Gasteiger partial charge on any atom is 0.408 e. The number of rotatable bonds is 4. The van der Waals surface area contributed by atoms with Gasteiger partial charge in [0.25, 0.3) is 0 Å². The molecular formula is C15H25NO4. The number of carbonyl (C=O) groups is 2. The van der Waals surface area contributed by atoms with E-state index in [1.54, 1.807) is 0 Å². The van der Waals surface area contributed by atoms with Gasteiger partial charge in [-0.05, 0) is 37.0 Å². The van der Waals surface area contributed by atoms with E-state index in [0.29, 0.717) is 18.8 Å². The molecule has 5 heteroatoms. The Morgan fingerprint density at radius 1 is 1.40 bits per heavy atom. The molecule has 0 heterocycles. The summed E-state index contributed by atoms with van der Waals surface area (Å²) in [4.78, 5) is 23.2. The fourth-order valence-electron chi connectivity index (χ4n) is 2.74. The third-order valence-electron chi connectivity index (χ3n) is 4.15. The highest BCUT2D eigenvalue weighted by molar-refractivity contribution is 5.84. The Balaban J connectivity index is 2.70. The van der Waals surface area contributed by atoms with E-state index < -0.39 is 17.6 Å². The van der Waals surface area contributed by atoms with E-state index in [0.717, 1.165) is 12.8 Å². The van der Waals surface area contributed by atoms with Crippen LogP contribution in [-0.2, 0) is 9.53 Å². The van der Waals surface area contributed by atoms with Gasteiger partial charge in [0, 0.05) is 0 Å². The molecule has 1 aliphatic rings. The maximum atomic E-state index is 11.6. The number of carbonyl (C=O) groups excluding carboxylic acids is 1. The number of aliphatic carboxylic acids is 1. The van der Waals surface area contributed by atoms with Crippen LogP contribution >= 0.6 is 0 Å². The Morgan fingerprint density at radius 2 is 1.95 bits per heavy atom. The molecule has 0 aromatic heterocycles. The van der Waals surface area contributed by atoms with Crippen molar-refractivity contribution in [2.24, 2.45) is 11.3 Å². The Labute approximate surface area is 120 Å². The monoisotopic (exact) mass is 283 g/mol. The fourth-order valence-corrected chi connectivity index (χ4v) is 2.74. The first-order valence-corrected chi connectivity index (χ1v) is 7.00. The third kappa shape index (κ3) is 3.99. The maximum absolute atomic E-state index is 11.6. The normalized spacial score (nSPS) is 26.6. The molecular weight excluding hydrogens is 258 g/mol. The minimum absolute atomic E-state index is 0.0755. The van der Waals surface area contributed by atoms with Crippen LogP contribution in [0.1, 0.15) is 46.5 Å². The molecule has 0 aliphatic heterocycles. The summed E-state index contributed by atoms with van der Waals surface area (Å²) in [6.07, 6.45) is 3.21. The Hall–Kier alpha value is -1.52. The summed E-state index contributed by atoms with van der Waals surface area (Å²) in [5.41, 5.74) is -1.03. The van der Waals surface area contributed by atoms with Crippen LogP contribution < -0.4 is 5.32 Å². The summed E-state index contributed by atoms with van der Waals surface area (Å²) < 4.78 is 4.83. The Bertz CT molecular complexity index is 376. The lowest BCUT2D eigenvalue weighted by molar-refractivity contribution is -0.147. The van der Waals surface area contributed by atoms with Gasteiger partial charge in [-0.1, -0.05) is 33.4 Å². The van der Waals surface area contributed by atoms with Crippen molar-refractivity contribution in [3.63, 3.8) is 0 Å². The molecule has 20 heavy (non-hydrogen) atoms. The van der Waals surface area contributed by atoms with Crippen molar-refractivity contribution in [2.75, 3.05) is 6.61 Å². The molecule has 0 spiro atoms. The van der Waals surface area contributed by atoms with Crippen LogP contribution in [0.2, 0.25) is 0 Å². The quantitative estimate of drug-likeness (QED) is 0.778. The van der Waals surface area contributed by atoms with E-state index in [1.165, 1.54) is 6.08 Å². The molecule has 0 saturated heterocycles.